The SMILES string of the molecule is C=O.CC(CNN)P(c1ccccc1)c1ccccc1.CC(CNN)P(c1ccccc1)c1ccccc1.CC(CNN)P(c1ccccc1)c1ccccc1.[H-].[H-].[H-].[Rh+3]. The maximum atomic E-state index is 8.00. The molecule has 11 heteroatoms. The van der Waals surface area contributed by atoms with Crippen molar-refractivity contribution in [3.8, 4) is 0 Å². The number of hydrogen-bond acceptors (Lipinski definition) is 7. The van der Waals surface area contributed by atoms with Crippen LogP contribution in [-0.4, -0.2) is 43.4 Å². The second-order valence-electron chi connectivity index (χ2n) is 12.9. The zero-order chi connectivity index (χ0) is 40.4. The number of nitrogens with two attached hydrogens (primary N) is 3. The minimum atomic E-state index is -0.360. The second kappa shape index (κ2) is 29.8. The van der Waals surface area contributed by atoms with E-state index in [1.165, 1.54) is 31.8 Å². The first-order valence-corrected chi connectivity index (χ1v) is 23.0. The van der Waals surface area contributed by atoms with Crippen LogP contribution in [0.1, 0.15) is 25.1 Å². The zero-order valence-corrected chi connectivity index (χ0v) is 37.5. The Balaban J connectivity index is 0. The van der Waals surface area contributed by atoms with Crippen molar-refractivity contribution in [1.82, 2.24) is 16.3 Å². The molecule has 0 aromatic heterocycles. The van der Waals surface area contributed by atoms with Crippen molar-refractivity contribution in [1.29, 1.82) is 0 Å². The molecule has 7 nitrogen and oxygen atoms in total. The Labute approximate surface area is 362 Å². The minimum absolute atomic E-state index is 0. The molecular weight excluding hydrogens is 848 g/mol. The van der Waals surface area contributed by atoms with Crippen LogP contribution in [0.5, 0.6) is 0 Å². The number of hydrazine groups is 3. The summed E-state index contributed by atoms with van der Waals surface area (Å²) in [4.78, 5) is 8.00. The number of carbonyl (C=O) groups excluding carboxylic acids is 1. The van der Waals surface area contributed by atoms with Gasteiger partial charge in [-0.2, -0.15) is 0 Å². The average molecular weight is 911 g/mol. The molecule has 0 radical (unpaired) electrons. The number of nitrogens with one attached hydrogen (secondary N) is 3. The smallest absolute Gasteiger partial charge is 1.00 e. The third-order valence-electron chi connectivity index (χ3n) is 8.77. The van der Waals surface area contributed by atoms with Gasteiger partial charge in [-0.1, -0.05) is 203 Å². The van der Waals surface area contributed by atoms with E-state index in [1.54, 1.807) is 0 Å². The van der Waals surface area contributed by atoms with Crippen LogP contribution in [0.4, 0.5) is 0 Å². The molecule has 0 aliphatic rings. The molecule has 0 aliphatic carbocycles. The Hall–Kier alpha value is -3.34. The summed E-state index contributed by atoms with van der Waals surface area (Å²) in [6.07, 6.45) is 0. The molecule has 0 saturated heterocycles. The summed E-state index contributed by atoms with van der Waals surface area (Å²) in [6, 6.07) is 64.2. The molecule has 9 N–H and O–H groups in total. The molecule has 3 unspecified atom stereocenters. The van der Waals surface area contributed by atoms with Crippen molar-refractivity contribution >= 4 is 62.4 Å². The Morgan fingerprint density at radius 2 is 0.526 bits per heavy atom. The molecule has 0 heterocycles. The largest absolute Gasteiger partial charge is 3.00 e. The van der Waals surface area contributed by atoms with E-state index in [-0.39, 0.29) is 47.5 Å². The standard InChI is InChI=1S/3C15H19N2P.CH2O.Rh.3H/c3*1-13(12-17-16)18(14-8-4-2-5-9-14)15-10-6-3-7-11-15;1-2;;;;/h3*2-11,13,17H,12,16H2,1H3;1H2;;;;/q;;;;+3;3*-1. The molecular formula is C46H62N6OP3Rh. The van der Waals surface area contributed by atoms with Crippen molar-refractivity contribution in [3.05, 3.63) is 182 Å². The summed E-state index contributed by atoms with van der Waals surface area (Å²) in [6.45, 7) is 11.3. The van der Waals surface area contributed by atoms with E-state index in [4.69, 9.17) is 22.3 Å². The van der Waals surface area contributed by atoms with E-state index < -0.39 is 0 Å². The number of hydrogen-bond donors (Lipinski definition) is 6. The molecule has 6 aromatic carbocycles. The first kappa shape index (κ1) is 49.8. The average Bonchev–Trinajstić information content (AvgIpc) is 3.25. The molecule has 3 atom stereocenters. The van der Waals surface area contributed by atoms with Gasteiger partial charge in [0.1, 0.15) is 6.79 Å². The Morgan fingerprint density at radius 1 is 0.386 bits per heavy atom. The topological polar surface area (TPSA) is 131 Å². The van der Waals surface area contributed by atoms with Crippen molar-refractivity contribution < 1.29 is 28.6 Å². The van der Waals surface area contributed by atoms with E-state index >= 15 is 0 Å². The van der Waals surface area contributed by atoms with Gasteiger partial charge in [-0.05, 0) is 72.6 Å². The van der Waals surface area contributed by atoms with Crippen LogP contribution in [0.2, 0.25) is 0 Å². The molecule has 0 aliphatic heterocycles. The predicted octanol–water partition coefficient (Wildman–Crippen LogP) is 6.06. The van der Waals surface area contributed by atoms with E-state index in [0.29, 0.717) is 17.0 Å². The van der Waals surface area contributed by atoms with E-state index in [1.807, 2.05) is 6.79 Å². The van der Waals surface area contributed by atoms with Gasteiger partial charge < -0.3 is 9.07 Å². The molecule has 0 fully saturated rings. The van der Waals surface area contributed by atoms with E-state index in [0.717, 1.165) is 19.6 Å². The molecule has 0 bridgehead atoms. The molecule has 6 aromatic rings. The van der Waals surface area contributed by atoms with Gasteiger partial charge >= 0.3 is 19.5 Å². The molecule has 0 spiro atoms. The molecule has 57 heavy (non-hydrogen) atoms. The maximum absolute atomic E-state index is 8.00. The Kier molecular flexibility index (Phi) is 26.1. The second-order valence-corrected chi connectivity index (χ2v) is 20.9. The number of benzene rings is 6. The fourth-order valence-corrected chi connectivity index (χ4v) is 14.1. The monoisotopic (exact) mass is 910 g/mol. The fourth-order valence-electron chi connectivity index (χ4n) is 6.29. The van der Waals surface area contributed by atoms with Crippen LogP contribution < -0.4 is 65.6 Å². The zero-order valence-electron chi connectivity index (χ0n) is 36.2. The minimum Gasteiger partial charge on any atom is -1.00 e. The van der Waals surface area contributed by atoms with Gasteiger partial charge in [-0.25, -0.2) is 0 Å². The molecule has 0 amide bonds. The van der Waals surface area contributed by atoms with Gasteiger partial charge in [0, 0.05) is 19.6 Å². The third kappa shape index (κ3) is 16.8. The van der Waals surface area contributed by atoms with Gasteiger partial charge in [0.15, 0.2) is 0 Å². The molecule has 306 valence electrons. The Bertz CT molecular complexity index is 1520. The Morgan fingerprint density at radius 3 is 0.649 bits per heavy atom. The van der Waals surface area contributed by atoms with Crippen LogP contribution >= 0.6 is 23.8 Å². The van der Waals surface area contributed by atoms with Gasteiger partial charge in [0.25, 0.3) is 0 Å². The predicted molar refractivity (Wildman–Crippen MR) is 253 cm³/mol. The van der Waals surface area contributed by atoms with Crippen LogP contribution in [0.3, 0.4) is 0 Å². The molecule has 6 rings (SSSR count). The van der Waals surface area contributed by atoms with E-state index in [2.05, 4.69) is 219 Å². The van der Waals surface area contributed by atoms with Crippen LogP contribution in [0.15, 0.2) is 182 Å². The van der Waals surface area contributed by atoms with Crippen LogP contribution in [0.25, 0.3) is 0 Å². The fraction of sp³-hybridized carbons (Fsp3) is 0.196. The quantitative estimate of drug-likeness (QED) is 0.0320. The van der Waals surface area contributed by atoms with Crippen molar-refractivity contribution in [2.24, 2.45) is 17.5 Å². The normalized spacial score (nSPS) is 12.0. The summed E-state index contributed by atoms with van der Waals surface area (Å²) in [5, 5.41) is 8.42. The van der Waals surface area contributed by atoms with Gasteiger partial charge in [-0.15, -0.1) is 0 Å². The van der Waals surface area contributed by atoms with Gasteiger partial charge in [0.05, 0.1) is 0 Å². The van der Waals surface area contributed by atoms with Gasteiger partial charge in [0.2, 0.25) is 0 Å². The first-order valence-electron chi connectivity index (χ1n) is 18.8. The number of carbonyl (C=O) groups is 1. The van der Waals surface area contributed by atoms with Crippen molar-refractivity contribution in [3.63, 3.8) is 0 Å². The van der Waals surface area contributed by atoms with Crippen LogP contribution in [-0.2, 0) is 24.3 Å². The van der Waals surface area contributed by atoms with Crippen LogP contribution in [0, 0.1) is 0 Å². The molecule has 0 saturated carbocycles. The third-order valence-corrected chi connectivity index (χ3v) is 17.1. The summed E-state index contributed by atoms with van der Waals surface area (Å²) < 4.78 is 0. The summed E-state index contributed by atoms with van der Waals surface area (Å²) in [5.41, 5.74) is 9.94. The number of rotatable bonds is 15. The first-order chi connectivity index (χ1) is 27.5. The van der Waals surface area contributed by atoms with Gasteiger partial charge in [-0.3, -0.25) is 33.8 Å². The summed E-state index contributed by atoms with van der Waals surface area (Å²) >= 11 is 0. The maximum Gasteiger partial charge on any atom is 3.00 e. The van der Waals surface area contributed by atoms with Crippen molar-refractivity contribution in [2.75, 3.05) is 19.6 Å². The van der Waals surface area contributed by atoms with E-state index in [9.17, 15) is 0 Å². The summed E-state index contributed by atoms with van der Waals surface area (Å²) in [7, 11) is -1.08. The van der Waals surface area contributed by atoms with Crippen molar-refractivity contribution in [2.45, 2.75) is 37.7 Å². The summed E-state index contributed by atoms with van der Waals surface area (Å²) in [5.74, 6) is 16.5.